The van der Waals surface area contributed by atoms with Gasteiger partial charge in [0.15, 0.2) is 5.84 Å². The molecule has 0 fully saturated rings. The second-order valence-corrected chi connectivity index (χ2v) is 5.64. The van der Waals surface area contributed by atoms with Crippen LogP contribution in [0.15, 0.2) is 22.1 Å². The van der Waals surface area contributed by atoms with E-state index >= 15 is 0 Å². The molecule has 1 aromatic rings. The van der Waals surface area contributed by atoms with Crippen LogP contribution in [0.4, 0.5) is 0 Å². The van der Waals surface area contributed by atoms with Crippen LogP contribution in [0.1, 0.15) is 38.4 Å². The van der Waals surface area contributed by atoms with Gasteiger partial charge in [-0.15, -0.1) is 0 Å². The van der Waals surface area contributed by atoms with Gasteiger partial charge in [-0.3, -0.25) is 4.79 Å². The summed E-state index contributed by atoms with van der Waals surface area (Å²) >= 11 is 0. The van der Waals surface area contributed by atoms with Crippen LogP contribution >= 0.6 is 0 Å². The number of hydrogen-bond donors (Lipinski definition) is 2. The van der Waals surface area contributed by atoms with Gasteiger partial charge >= 0.3 is 0 Å². The second kappa shape index (κ2) is 5.25. The number of aromatic nitrogens is 1. The van der Waals surface area contributed by atoms with Crippen molar-refractivity contribution in [3.63, 3.8) is 0 Å². The smallest absolute Gasteiger partial charge is 0.261 e. The third-order valence-electron chi connectivity index (χ3n) is 2.86. The molecular weight excluding hydrogens is 230 g/mol. The Morgan fingerprint density at radius 3 is 2.56 bits per heavy atom. The summed E-state index contributed by atoms with van der Waals surface area (Å²) in [5, 5.41) is 11.5. The summed E-state index contributed by atoms with van der Waals surface area (Å²) in [4.78, 5) is 12.2. The van der Waals surface area contributed by atoms with Crippen LogP contribution < -0.4 is 11.3 Å². The first-order valence-electron chi connectivity index (χ1n) is 5.94. The Balaban J connectivity index is 3.16. The fraction of sp³-hybridized carbons (Fsp3) is 0.538. The van der Waals surface area contributed by atoms with Crippen molar-refractivity contribution < 1.29 is 5.21 Å². The first-order chi connectivity index (χ1) is 8.26. The van der Waals surface area contributed by atoms with Gasteiger partial charge in [0.25, 0.3) is 5.56 Å². The molecule has 0 bridgehead atoms. The summed E-state index contributed by atoms with van der Waals surface area (Å²) in [5.74, 6) is -0.149. The standard InChI is InChI=1S/C13H21N3O2/c1-9-5-6-10(11(14)15-18)12(17)16(9)8-7-13(2,3)4/h5-6,18H,7-8H2,1-4H3,(H2,14,15). The van der Waals surface area contributed by atoms with Gasteiger partial charge in [0, 0.05) is 12.2 Å². The highest BCUT2D eigenvalue weighted by molar-refractivity contribution is 5.96. The fourth-order valence-electron chi connectivity index (χ4n) is 1.64. The number of hydrogen-bond acceptors (Lipinski definition) is 3. The van der Waals surface area contributed by atoms with Crippen LogP contribution in [0.5, 0.6) is 0 Å². The zero-order valence-corrected chi connectivity index (χ0v) is 11.4. The van der Waals surface area contributed by atoms with Gasteiger partial charge in [-0.05, 0) is 30.9 Å². The second-order valence-electron chi connectivity index (χ2n) is 5.64. The normalized spacial score (nSPS) is 12.8. The van der Waals surface area contributed by atoms with Crippen LogP contribution in [-0.4, -0.2) is 15.6 Å². The van der Waals surface area contributed by atoms with E-state index in [1.807, 2.05) is 6.92 Å². The third-order valence-corrected chi connectivity index (χ3v) is 2.86. The molecule has 0 aliphatic heterocycles. The molecule has 1 aromatic heterocycles. The van der Waals surface area contributed by atoms with Crippen molar-refractivity contribution in [1.29, 1.82) is 0 Å². The maximum absolute atomic E-state index is 12.2. The van der Waals surface area contributed by atoms with E-state index in [9.17, 15) is 4.79 Å². The molecule has 0 saturated carbocycles. The largest absolute Gasteiger partial charge is 0.409 e. The van der Waals surface area contributed by atoms with E-state index in [-0.39, 0.29) is 22.4 Å². The van der Waals surface area contributed by atoms with Gasteiger partial charge in [0.05, 0.1) is 5.56 Å². The number of nitrogens with zero attached hydrogens (tertiary/aromatic N) is 2. The van der Waals surface area contributed by atoms with E-state index in [1.54, 1.807) is 16.7 Å². The Hall–Kier alpha value is -1.78. The Bertz CT molecular complexity index is 510. The molecule has 0 atom stereocenters. The molecule has 1 rings (SSSR count). The maximum atomic E-state index is 12.2. The molecule has 0 radical (unpaired) electrons. The van der Waals surface area contributed by atoms with Crippen molar-refractivity contribution in [1.82, 2.24) is 4.57 Å². The predicted octanol–water partition coefficient (Wildman–Crippen LogP) is 1.69. The average Bonchev–Trinajstić information content (AvgIpc) is 2.26. The highest BCUT2D eigenvalue weighted by Crippen LogP contribution is 2.19. The minimum atomic E-state index is -0.213. The predicted molar refractivity (Wildman–Crippen MR) is 72.0 cm³/mol. The minimum Gasteiger partial charge on any atom is -0.409 e. The van der Waals surface area contributed by atoms with Crippen LogP contribution in [0.25, 0.3) is 0 Å². The summed E-state index contributed by atoms with van der Waals surface area (Å²) in [5.41, 5.74) is 6.53. The Kier molecular flexibility index (Phi) is 4.16. The third kappa shape index (κ3) is 3.35. The molecule has 0 amide bonds. The van der Waals surface area contributed by atoms with Crippen LogP contribution in [0, 0.1) is 12.3 Å². The quantitative estimate of drug-likeness (QED) is 0.371. The molecule has 18 heavy (non-hydrogen) atoms. The number of aryl methyl sites for hydroxylation is 1. The van der Waals surface area contributed by atoms with Gasteiger partial charge in [0.2, 0.25) is 0 Å². The SMILES string of the molecule is Cc1ccc(/C(N)=N/O)c(=O)n1CCC(C)(C)C. The first-order valence-corrected chi connectivity index (χ1v) is 5.94. The van der Waals surface area contributed by atoms with Crippen LogP contribution in [-0.2, 0) is 6.54 Å². The number of rotatable bonds is 3. The average molecular weight is 251 g/mol. The van der Waals surface area contributed by atoms with E-state index in [4.69, 9.17) is 10.9 Å². The van der Waals surface area contributed by atoms with Gasteiger partial charge in [-0.2, -0.15) is 0 Å². The molecule has 100 valence electrons. The molecule has 1 heterocycles. The minimum absolute atomic E-state index is 0.149. The van der Waals surface area contributed by atoms with Crippen LogP contribution in [0.3, 0.4) is 0 Å². The van der Waals surface area contributed by atoms with E-state index < -0.39 is 0 Å². The van der Waals surface area contributed by atoms with E-state index in [0.29, 0.717) is 6.54 Å². The first kappa shape index (κ1) is 14.3. The van der Waals surface area contributed by atoms with Crippen molar-refractivity contribution >= 4 is 5.84 Å². The lowest BCUT2D eigenvalue weighted by molar-refractivity contribution is 0.318. The van der Waals surface area contributed by atoms with Gasteiger partial charge < -0.3 is 15.5 Å². The molecule has 0 saturated heterocycles. The van der Waals surface area contributed by atoms with E-state index in [1.165, 1.54) is 0 Å². The molecule has 3 N–H and O–H groups in total. The van der Waals surface area contributed by atoms with Crippen molar-refractivity contribution in [2.75, 3.05) is 0 Å². The lowest BCUT2D eigenvalue weighted by atomic mass is 9.92. The highest BCUT2D eigenvalue weighted by atomic mass is 16.4. The molecule has 0 aliphatic rings. The van der Waals surface area contributed by atoms with Crippen LogP contribution in [0.2, 0.25) is 0 Å². The van der Waals surface area contributed by atoms with E-state index in [0.717, 1.165) is 12.1 Å². The van der Waals surface area contributed by atoms with Gasteiger partial charge in [0.1, 0.15) is 0 Å². The summed E-state index contributed by atoms with van der Waals surface area (Å²) < 4.78 is 1.67. The molecular formula is C13H21N3O2. The van der Waals surface area contributed by atoms with E-state index in [2.05, 4.69) is 25.9 Å². The number of pyridine rings is 1. The fourth-order valence-corrected chi connectivity index (χ4v) is 1.64. The Labute approximate surface area is 107 Å². The van der Waals surface area contributed by atoms with Crippen molar-refractivity contribution in [3.8, 4) is 0 Å². The van der Waals surface area contributed by atoms with Crippen molar-refractivity contribution in [3.05, 3.63) is 33.7 Å². The Morgan fingerprint density at radius 2 is 2.06 bits per heavy atom. The monoisotopic (exact) mass is 251 g/mol. The molecule has 0 spiro atoms. The lowest BCUT2D eigenvalue weighted by Gasteiger charge is -2.20. The summed E-state index contributed by atoms with van der Waals surface area (Å²) in [7, 11) is 0. The van der Waals surface area contributed by atoms with Crippen molar-refractivity contribution in [2.45, 2.75) is 40.7 Å². The summed E-state index contributed by atoms with van der Waals surface area (Å²) in [6, 6.07) is 3.39. The summed E-state index contributed by atoms with van der Waals surface area (Å²) in [6.45, 7) is 8.88. The highest BCUT2D eigenvalue weighted by Gasteiger charge is 2.14. The number of amidine groups is 1. The summed E-state index contributed by atoms with van der Waals surface area (Å²) in [6.07, 6.45) is 0.882. The molecule has 5 heteroatoms. The maximum Gasteiger partial charge on any atom is 0.261 e. The zero-order chi connectivity index (χ0) is 13.9. The zero-order valence-electron chi connectivity index (χ0n) is 11.4. The topological polar surface area (TPSA) is 80.6 Å². The molecule has 0 aromatic carbocycles. The Morgan fingerprint density at radius 1 is 1.44 bits per heavy atom. The van der Waals surface area contributed by atoms with Gasteiger partial charge in [-0.25, -0.2) is 0 Å². The number of nitrogens with two attached hydrogens (primary N) is 1. The van der Waals surface area contributed by atoms with Crippen molar-refractivity contribution in [2.24, 2.45) is 16.3 Å². The number of oxime groups is 1. The molecule has 0 aliphatic carbocycles. The molecule has 0 unspecified atom stereocenters. The molecule has 5 nitrogen and oxygen atoms in total. The lowest BCUT2D eigenvalue weighted by Crippen LogP contribution is -2.32. The van der Waals surface area contributed by atoms with Gasteiger partial charge in [-0.1, -0.05) is 25.9 Å².